The minimum absolute atomic E-state index is 0.500. The summed E-state index contributed by atoms with van der Waals surface area (Å²) in [6.45, 7) is 6.88. The van der Waals surface area contributed by atoms with Crippen molar-refractivity contribution in [2.24, 2.45) is 0 Å². The van der Waals surface area contributed by atoms with E-state index in [-0.39, 0.29) is 0 Å². The van der Waals surface area contributed by atoms with Gasteiger partial charge in [0.25, 0.3) is 0 Å². The number of carboxylic acids is 1. The van der Waals surface area contributed by atoms with E-state index in [0.717, 1.165) is 39.3 Å². The van der Waals surface area contributed by atoms with Crippen LogP contribution in [-0.4, -0.2) is 72.7 Å². The number of carbonyl (C=O) groups excluding carboxylic acids is 1. The van der Waals surface area contributed by atoms with Gasteiger partial charge in [0.05, 0.1) is 0 Å². The fraction of sp³-hybridized carbons (Fsp3) is 0.818. The second kappa shape index (κ2) is 7.24. The van der Waals surface area contributed by atoms with E-state index in [1.807, 2.05) is 6.92 Å². The molecule has 1 aliphatic rings. The zero-order valence-corrected chi connectivity index (χ0v) is 10.2. The van der Waals surface area contributed by atoms with Crippen molar-refractivity contribution in [1.82, 2.24) is 9.80 Å². The molecule has 1 heterocycles. The molecule has 1 aliphatic heterocycles. The summed E-state index contributed by atoms with van der Waals surface area (Å²) < 4.78 is 5.25. The van der Waals surface area contributed by atoms with Crippen LogP contribution in [0.5, 0.6) is 0 Å². The summed E-state index contributed by atoms with van der Waals surface area (Å²) in [4.78, 5) is 25.3. The molecule has 1 fully saturated rings. The minimum Gasteiger partial charge on any atom is -0.474 e. The fourth-order valence-corrected chi connectivity index (χ4v) is 1.84. The number of rotatable bonds is 5. The Morgan fingerprint density at radius 2 is 1.88 bits per heavy atom. The van der Waals surface area contributed by atoms with Crippen molar-refractivity contribution in [3.63, 3.8) is 0 Å². The van der Waals surface area contributed by atoms with Crippen LogP contribution in [0.4, 0.5) is 0 Å². The zero-order valence-electron chi connectivity index (χ0n) is 10.2. The summed E-state index contributed by atoms with van der Waals surface area (Å²) in [7, 11) is 0. The van der Waals surface area contributed by atoms with Gasteiger partial charge < -0.3 is 14.7 Å². The Hall–Kier alpha value is -1.14. The predicted molar refractivity (Wildman–Crippen MR) is 61.8 cm³/mol. The normalized spacial score (nSPS) is 17.1. The highest BCUT2D eigenvalue weighted by Gasteiger charge is 2.24. The molecular weight excluding hydrogens is 224 g/mol. The number of nitrogens with zero attached hydrogens (tertiary/aromatic N) is 2. The van der Waals surface area contributed by atoms with Gasteiger partial charge in [-0.1, -0.05) is 0 Å². The average molecular weight is 244 g/mol. The number of carbonyl (C=O) groups is 2. The van der Waals surface area contributed by atoms with Crippen molar-refractivity contribution in [2.45, 2.75) is 13.3 Å². The first-order valence-electron chi connectivity index (χ1n) is 5.97. The van der Waals surface area contributed by atoms with Crippen LogP contribution in [0.15, 0.2) is 0 Å². The molecule has 98 valence electrons. The predicted octanol–water partition coefficient (Wildman–Crippen LogP) is -0.358. The Kier molecular flexibility index (Phi) is 5.93. The van der Waals surface area contributed by atoms with Gasteiger partial charge in [-0.25, -0.2) is 4.79 Å². The molecule has 0 aromatic carbocycles. The molecule has 1 saturated heterocycles. The molecule has 0 aliphatic carbocycles. The summed E-state index contributed by atoms with van der Waals surface area (Å²) in [5, 5.41) is 8.58. The number of hydrogen-bond donors (Lipinski definition) is 1. The van der Waals surface area contributed by atoms with Crippen LogP contribution in [0.1, 0.15) is 13.3 Å². The zero-order chi connectivity index (χ0) is 12.7. The highest BCUT2D eigenvalue weighted by Crippen LogP contribution is 2.03. The first-order valence-corrected chi connectivity index (χ1v) is 5.97. The molecule has 1 amide bonds. The number of piperazine rings is 1. The van der Waals surface area contributed by atoms with Crippen molar-refractivity contribution in [1.29, 1.82) is 0 Å². The van der Waals surface area contributed by atoms with Crippen molar-refractivity contribution >= 4 is 11.9 Å². The summed E-state index contributed by atoms with van der Waals surface area (Å²) in [5.41, 5.74) is 0. The van der Waals surface area contributed by atoms with E-state index in [1.54, 1.807) is 0 Å². The van der Waals surface area contributed by atoms with E-state index < -0.39 is 11.9 Å². The Morgan fingerprint density at radius 1 is 1.24 bits per heavy atom. The van der Waals surface area contributed by atoms with Gasteiger partial charge in [-0.15, -0.1) is 0 Å². The topological polar surface area (TPSA) is 70.1 Å². The lowest BCUT2D eigenvalue weighted by molar-refractivity contribution is -0.156. The van der Waals surface area contributed by atoms with Crippen LogP contribution in [0.2, 0.25) is 0 Å². The number of carboxylic acid groups (broad SMARTS) is 1. The van der Waals surface area contributed by atoms with Crippen LogP contribution in [0, 0.1) is 0 Å². The largest absolute Gasteiger partial charge is 0.474 e. The number of hydrogen-bond acceptors (Lipinski definition) is 4. The Labute approximate surface area is 101 Å². The maximum absolute atomic E-state index is 11.2. The summed E-state index contributed by atoms with van der Waals surface area (Å²) in [6, 6.07) is 0. The molecule has 0 saturated carbocycles. The van der Waals surface area contributed by atoms with E-state index in [9.17, 15) is 9.59 Å². The standard InChI is InChI=1S/C11H20N2O4/c1-2-17-9-3-4-12-5-7-13(8-6-12)10(14)11(15)16/h2-9H2,1H3,(H,15,16). The van der Waals surface area contributed by atoms with E-state index in [0.29, 0.717) is 13.1 Å². The molecule has 0 aromatic rings. The molecule has 6 heteroatoms. The maximum atomic E-state index is 11.2. The maximum Gasteiger partial charge on any atom is 0.394 e. The van der Waals surface area contributed by atoms with Gasteiger partial charge in [0.1, 0.15) is 0 Å². The third-order valence-corrected chi connectivity index (χ3v) is 2.81. The first-order chi connectivity index (χ1) is 8.15. The second-order valence-corrected chi connectivity index (χ2v) is 3.99. The molecule has 0 radical (unpaired) electrons. The molecule has 0 unspecified atom stereocenters. The lowest BCUT2D eigenvalue weighted by Gasteiger charge is -2.33. The Morgan fingerprint density at radius 3 is 2.41 bits per heavy atom. The van der Waals surface area contributed by atoms with Crippen molar-refractivity contribution < 1.29 is 19.4 Å². The van der Waals surface area contributed by atoms with Crippen LogP contribution in [0.25, 0.3) is 0 Å². The summed E-state index contributed by atoms with van der Waals surface area (Å²) in [6.07, 6.45) is 0.973. The molecule has 0 aromatic heterocycles. The molecule has 1 rings (SSSR count). The van der Waals surface area contributed by atoms with Crippen LogP contribution < -0.4 is 0 Å². The number of amides is 1. The summed E-state index contributed by atoms with van der Waals surface area (Å²) in [5.74, 6) is -2.16. The Balaban J connectivity index is 2.17. The lowest BCUT2D eigenvalue weighted by atomic mass is 10.3. The van der Waals surface area contributed by atoms with Gasteiger partial charge in [0.15, 0.2) is 0 Å². The van der Waals surface area contributed by atoms with E-state index >= 15 is 0 Å². The molecule has 1 N–H and O–H groups in total. The van der Waals surface area contributed by atoms with Gasteiger partial charge in [-0.05, 0) is 13.3 Å². The van der Waals surface area contributed by atoms with Crippen LogP contribution in [-0.2, 0) is 14.3 Å². The van der Waals surface area contributed by atoms with Gasteiger partial charge in [0.2, 0.25) is 0 Å². The average Bonchev–Trinajstić information content (AvgIpc) is 2.34. The SMILES string of the molecule is CCOCCCN1CCN(C(=O)C(=O)O)CC1. The lowest BCUT2D eigenvalue weighted by Crippen LogP contribution is -2.50. The first kappa shape index (κ1) is 13.9. The smallest absolute Gasteiger partial charge is 0.394 e. The molecular formula is C11H20N2O4. The van der Waals surface area contributed by atoms with Crippen molar-refractivity contribution in [3.8, 4) is 0 Å². The quantitative estimate of drug-likeness (QED) is 0.528. The van der Waals surface area contributed by atoms with Gasteiger partial charge >= 0.3 is 11.9 Å². The highest BCUT2D eigenvalue weighted by molar-refractivity contribution is 6.31. The fourth-order valence-electron chi connectivity index (χ4n) is 1.84. The molecule has 17 heavy (non-hydrogen) atoms. The van der Waals surface area contributed by atoms with E-state index in [1.165, 1.54) is 4.90 Å². The van der Waals surface area contributed by atoms with Gasteiger partial charge in [-0.3, -0.25) is 9.69 Å². The molecule has 0 bridgehead atoms. The van der Waals surface area contributed by atoms with Gasteiger partial charge in [0, 0.05) is 45.9 Å². The third-order valence-electron chi connectivity index (χ3n) is 2.81. The monoisotopic (exact) mass is 244 g/mol. The minimum atomic E-state index is -1.37. The van der Waals surface area contributed by atoms with E-state index in [2.05, 4.69) is 4.90 Å². The van der Waals surface area contributed by atoms with Gasteiger partial charge in [-0.2, -0.15) is 0 Å². The molecule has 6 nitrogen and oxygen atoms in total. The highest BCUT2D eigenvalue weighted by atomic mass is 16.5. The third kappa shape index (κ3) is 4.70. The molecule has 0 atom stereocenters. The second-order valence-electron chi connectivity index (χ2n) is 3.99. The Bertz CT molecular complexity index is 262. The number of aliphatic carboxylic acids is 1. The van der Waals surface area contributed by atoms with E-state index in [4.69, 9.17) is 9.84 Å². The summed E-state index contributed by atoms with van der Waals surface area (Å²) >= 11 is 0. The van der Waals surface area contributed by atoms with Crippen LogP contribution >= 0.6 is 0 Å². The number of ether oxygens (including phenoxy) is 1. The van der Waals surface area contributed by atoms with Crippen LogP contribution in [0.3, 0.4) is 0 Å². The van der Waals surface area contributed by atoms with Crippen molar-refractivity contribution in [2.75, 3.05) is 45.9 Å². The molecule has 0 spiro atoms. The van der Waals surface area contributed by atoms with Crippen molar-refractivity contribution in [3.05, 3.63) is 0 Å².